The Bertz CT molecular complexity index is 715. The molecule has 0 atom stereocenters. The van der Waals surface area contributed by atoms with Crippen LogP contribution in [0, 0.1) is 0 Å². The number of fused-ring (bicyclic) bond motifs is 1. The van der Waals surface area contributed by atoms with Gasteiger partial charge < -0.3 is 10.6 Å². The summed E-state index contributed by atoms with van der Waals surface area (Å²) in [5, 5.41) is 13.1. The third-order valence-electron chi connectivity index (χ3n) is 2.71. The first-order valence-electron chi connectivity index (χ1n) is 5.62. The molecule has 8 heteroatoms. The zero-order valence-electron chi connectivity index (χ0n) is 10.5. The molecule has 3 heterocycles. The first-order valence-corrected chi connectivity index (χ1v) is 5.62. The van der Waals surface area contributed by atoms with Crippen LogP contribution in [-0.2, 0) is 0 Å². The summed E-state index contributed by atoms with van der Waals surface area (Å²) in [6.07, 6.45) is 3.02. The van der Waals surface area contributed by atoms with E-state index in [0.29, 0.717) is 22.7 Å². The van der Waals surface area contributed by atoms with Crippen molar-refractivity contribution < 1.29 is 0 Å². The molecule has 0 radical (unpaired) electrons. The minimum Gasteiger partial charge on any atom is -0.383 e. The van der Waals surface area contributed by atoms with Gasteiger partial charge in [0, 0.05) is 14.1 Å². The summed E-state index contributed by atoms with van der Waals surface area (Å²) in [6.45, 7) is 0. The largest absolute Gasteiger partial charge is 0.383 e. The van der Waals surface area contributed by atoms with Crippen LogP contribution in [0.5, 0.6) is 0 Å². The molecule has 0 unspecified atom stereocenters. The Balaban J connectivity index is 2.11. The molecule has 0 saturated heterocycles. The van der Waals surface area contributed by atoms with Crippen LogP contribution in [0.2, 0.25) is 0 Å². The van der Waals surface area contributed by atoms with Gasteiger partial charge in [-0.05, 0) is 12.1 Å². The molecule has 96 valence electrons. The lowest BCUT2D eigenvalue weighted by atomic mass is 10.4. The van der Waals surface area contributed by atoms with Crippen molar-refractivity contribution in [3.05, 3.63) is 24.7 Å². The molecular weight excluding hydrogens is 244 g/mol. The van der Waals surface area contributed by atoms with Gasteiger partial charge in [0.25, 0.3) is 0 Å². The molecule has 3 aromatic rings. The molecule has 2 N–H and O–H groups in total. The molecule has 0 aliphatic rings. The van der Waals surface area contributed by atoms with E-state index in [1.54, 1.807) is 10.9 Å². The lowest BCUT2D eigenvalue weighted by molar-refractivity contribution is 0.821. The highest BCUT2D eigenvalue weighted by Crippen LogP contribution is 2.18. The SMILES string of the molecule is CN(C)c1ccc(-n2ncc3c(N)ncnc32)nn1. The lowest BCUT2D eigenvalue weighted by Crippen LogP contribution is -2.12. The molecule has 0 bridgehead atoms. The van der Waals surface area contributed by atoms with Crippen LogP contribution in [0.15, 0.2) is 24.7 Å². The molecule has 8 nitrogen and oxygen atoms in total. The van der Waals surface area contributed by atoms with E-state index in [9.17, 15) is 0 Å². The number of rotatable bonds is 2. The summed E-state index contributed by atoms with van der Waals surface area (Å²) in [4.78, 5) is 9.96. The van der Waals surface area contributed by atoms with Crippen LogP contribution in [-0.4, -0.2) is 44.0 Å². The topological polar surface area (TPSA) is 98.6 Å². The zero-order chi connectivity index (χ0) is 13.4. The van der Waals surface area contributed by atoms with Gasteiger partial charge >= 0.3 is 0 Å². The van der Waals surface area contributed by atoms with Crippen molar-refractivity contribution in [1.82, 2.24) is 29.9 Å². The zero-order valence-corrected chi connectivity index (χ0v) is 10.5. The quantitative estimate of drug-likeness (QED) is 0.701. The van der Waals surface area contributed by atoms with Gasteiger partial charge in [-0.2, -0.15) is 9.78 Å². The van der Waals surface area contributed by atoms with Crippen molar-refractivity contribution >= 4 is 22.7 Å². The number of hydrogen-bond acceptors (Lipinski definition) is 7. The van der Waals surface area contributed by atoms with Crippen LogP contribution in [0.25, 0.3) is 16.9 Å². The summed E-state index contributed by atoms with van der Waals surface area (Å²) >= 11 is 0. The molecule has 3 rings (SSSR count). The second-order valence-corrected chi connectivity index (χ2v) is 4.20. The second-order valence-electron chi connectivity index (χ2n) is 4.20. The minimum absolute atomic E-state index is 0.397. The van der Waals surface area contributed by atoms with Crippen molar-refractivity contribution in [1.29, 1.82) is 0 Å². The molecule has 0 amide bonds. The average molecular weight is 256 g/mol. The maximum Gasteiger partial charge on any atom is 0.178 e. The van der Waals surface area contributed by atoms with E-state index in [-0.39, 0.29) is 0 Å². The van der Waals surface area contributed by atoms with E-state index in [2.05, 4.69) is 25.3 Å². The highest BCUT2D eigenvalue weighted by Gasteiger charge is 2.10. The van der Waals surface area contributed by atoms with Gasteiger partial charge in [-0.3, -0.25) is 0 Å². The van der Waals surface area contributed by atoms with Gasteiger partial charge in [0.2, 0.25) is 0 Å². The predicted molar refractivity (Wildman–Crippen MR) is 71.0 cm³/mol. The normalized spacial score (nSPS) is 10.8. The summed E-state index contributed by atoms with van der Waals surface area (Å²) < 4.78 is 1.58. The van der Waals surface area contributed by atoms with Crippen molar-refractivity contribution in [2.75, 3.05) is 24.7 Å². The van der Waals surface area contributed by atoms with Gasteiger partial charge in [-0.1, -0.05) is 0 Å². The summed E-state index contributed by atoms with van der Waals surface area (Å²) in [6, 6.07) is 3.69. The Morgan fingerprint density at radius 2 is 2.00 bits per heavy atom. The highest BCUT2D eigenvalue weighted by atomic mass is 15.4. The van der Waals surface area contributed by atoms with E-state index < -0.39 is 0 Å². The van der Waals surface area contributed by atoms with Crippen molar-refractivity contribution in [3.63, 3.8) is 0 Å². The van der Waals surface area contributed by atoms with Crippen LogP contribution in [0.3, 0.4) is 0 Å². The number of anilines is 2. The Labute approximate surface area is 108 Å². The van der Waals surface area contributed by atoms with E-state index in [0.717, 1.165) is 5.82 Å². The number of nitrogens with zero attached hydrogens (tertiary/aromatic N) is 7. The Morgan fingerprint density at radius 1 is 1.16 bits per heavy atom. The fourth-order valence-electron chi connectivity index (χ4n) is 1.70. The van der Waals surface area contributed by atoms with Gasteiger partial charge in [-0.25, -0.2) is 9.97 Å². The number of nitrogen functional groups attached to an aromatic ring is 1. The predicted octanol–water partition coefficient (Wildman–Crippen LogP) is 0.254. The van der Waals surface area contributed by atoms with Crippen molar-refractivity contribution in [2.45, 2.75) is 0 Å². The molecule has 0 aromatic carbocycles. The first kappa shape index (κ1) is 11.3. The average Bonchev–Trinajstić information content (AvgIpc) is 2.84. The maximum absolute atomic E-state index is 5.76. The Kier molecular flexibility index (Phi) is 2.48. The number of hydrogen-bond donors (Lipinski definition) is 1. The van der Waals surface area contributed by atoms with E-state index >= 15 is 0 Å². The fourth-order valence-corrected chi connectivity index (χ4v) is 1.70. The van der Waals surface area contributed by atoms with Crippen LogP contribution in [0.1, 0.15) is 0 Å². The molecule has 0 fully saturated rings. The number of aromatic nitrogens is 6. The summed E-state index contributed by atoms with van der Waals surface area (Å²) in [5.41, 5.74) is 6.37. The molecule has 0 aliphatic carbocycles. The monoisotopic (exact) mass is 256 g/mol. The molecule has 0 spiro atoms. The van der Waals surface area contributed by atoms with Gasteiger partial charge in [0.15, 0.2) is 17.3 Å². The Morgan fingerprint density at radius 3 is 2.68 bits per heavy atom. The van der Waals surface area contributed by atoms with E-state index in [1.807, 2.05) is 31.1 Å². The van der Waals surface area contributed by atoms with Crippen LogP contribution < -0.4 is 10.6 Å². The second kappa shape index (κ2) is 4.16. The molecule has 0 aliphatic heterocycles. The van der Waals surface area contributed by atoms with Crippen LogP contribution in [0.4, 0.5) is 11.6 Å². The van der Waals surface area contributed by atoms with Crippen LogP contribution >= 0.6 is 0 Å². The third kappa shape index (κ3) is 1.82. The van der Waals surface area contributed by atoms with E-state index in [4.69, 9.17) is 5.73 Å². The van der Waals surface area contributed by atoms with Gasteiger partial charge in [0.05, 0.1) is 11.6 Å². The minimum atomic E-state index is 0.397. The standard InChI is InChI=1S/C11H12N8/c1-18(2)8-3-4-9(17-16-8)19-11-7(5-15-19)10(12)13-6-14-11/h3-6H,1-2H3,(H2,12,13,14). The third-order valence-corrected chi connectivity index (χ3v) is 2.71. The van der Waals surface area contributed by atoms with Gasteiger partial charge in [0.1, 0.15) is 12.1 Å². The summed E-state index contributed by atoms with van der Waals surface area (Å²) in [7, 11) is 3.81. The van der Waals surface area contributed by atoms with Crippen molar-refractivity contribution in [2.24, 2.45) is 0 Å². The van der Waals surface area contributed by atoms with Gasteiger partial charge in [-0.15, -0.1) is 10.2 Å². The smallest absolute Gasteiger partial charge is 0.178 e. The van der Waals surface area contributed by atoms with Crippen molar-refractivity contribution in [3.8, 4) is 5.82 Å². The maximum atomic E-state index is 5.76. The Hall–Kier alpha value is -2.77. The lowest BCUT2D eigenvalue weighted by Gasteiger charge is -2.10. The highest BCUT2D eigenvalue weighted by molar-refractivity contribution is 5.85. The molecule has 19 heavy (non-hydrogen) atoms. The molecule has 3 aromatic heterocycles. The molecule has 0 saturated carbocycles. The fraction of sp³-hybridized carbons (Fsp3) is 0.182. The molecular formula is C11H12N8. The van der Waals surface area contributed by atoms with E-state index in [1.165, 1.54) is 6.33 Å². The summed E-state index contributed by atoms with van der Waals surface area (Å²) in [5.74, 6) is 1.75. The first-order chi connectivity index (χ1) is 9.16. The number of nitrogens with two attached hydrogens (primary N) is 1.